The molecule has 2 rings (SSSR count). The topological polar surface area (TPSA) is 133 Å². The minimum Gasteiger partial charge on any atom is -0.478 e. The molecule has 1 heterocycles. The van der Waals surface area contributed by atoms with Crippen molar-refractivity contribution in [3.05, 3.63) is 45.5 Å². The summed E-state index contributed by atoms with van der Waals surface area (Å²) >= 11 is 0. The molecule has 0 fully saturated rings. The molecule has 0 aliphatic rings. The maximum absolute atomic E-state index is 14.2. The van der Waals surface area contributed by atoms with Crippen molar-refractivity contribution in [3.63, 3.8) is 0 Å². The van der Waals surface area contributed by atoms with Gasteiger partial charge in [-0.05, 0) is 11.6 Å². The summed E-state index contributed by atoms with van der Waals surface area (Å²) in [7, 11) is 0. The second kappa shape index (κ2) is 5.96. The Morgan fingerprint density at radius 1 is 1.04 bits per heavy atom. The normalized spacial score (nSPS) is 11.4. The molecule has 25 heavy (non-hydrogen) atoms. The third kappa shape index (κ3) is 3.05. The van der Waals surface area contributed by atoms with Crippen molar-refractivity contribution in [3.8, 4) is 11.1 Å². The average Bonchev–Trinajstić information content (AvgIpc) is 2.44. The molecule has 0 radical (unpaired) electrons. The van der Waals surface area contributed by atoms with E-state index < -0.39 is 63.8 Å². The standard InChI is InChI=1S/C13H8BF4N2O5/c15-5-3-1-2-4(14(16,17)18)6(5)7-8(12(22)23)10(19)20-11(21)9(7)13(24)25/h1-3H,(H,22,23)(H,24,25)(H3,19,20,21)/q-1. The number of aromatic carboxylic acids is 2. The molecule has 2 aromatic rings. The van der Waals surface area contributed by atoms with Crippen LogP contribution in [0.3, 0.4) is 0 Å². The fraction of sp³-hybridized carbons (Fsp3) is 0. The average molecular weight is 359 g/mol. The van der Waals surface area contributed by atoms with E-state index in [0.717, 1.165) is 6.07 Å². The minimum absolute atomic E-state index is 0.451. The molecule has 0 saturated carbocycles. The summed E-state index contributed by atoms with van der Waals surface area (Å²) < 4.78 is 54.0. The van der Waals surface area contributed by atoms with Gasteiger partial charge >= 0.3 is 18.9 Å². The first kappa shape index (κ1) is 18.0. The molecule has 0 amide bonds. The summed E-state index contributed by atoms with van der Waals surface area (Å²) in [5.74, 6) is -6.43. The quantitative estimate of drug-likeness (QED) is 0.479. The predicted molar refractivity (Wildman–Crippen MR) is 79.5 cm³/mol. The highest BCUT2D eigenvalue weighted by atomic mass is 19.4. The van der Waals surface area contributed by atoms with E-state index >= 15 is 0 Å². The second-order valence-electron chi connectivity index (χ2n) is 4.88. The van der Waals surface area contributed by atoms with Gasteiger partial charge in [0.1, 0.15) is 22.8 Å². The van der Waals surface area contributed by atoms with Crippen molar-refractivity contribution < 1.29 is 37.1 Å². The number of H-pyrrole nitrogens is 1. The molecule has 12 heteroatoms. The van der Waals surface area contributed by atoms with Gasteiger partial charge in [0.25, 0.3) is 5.56 Å². The Morgan fingerprint density at radius 2 is 1.60 bits per heavy atom. The smallest absolute Gasteiger partial charge is 0.478 e. The number of benzene rings is 1. The van der Waals surface area contributed by atoms with Crippen molar-refractivity contribution in [2.45, 2.75) is 0 Å². The number of rotatable bonds is 4. The molecule has 5 N–H and O–H groups in total. The van der Waals surface area contributed by atoms with Crippen LogP contribution in [-0.4, -0.2) is 34.1 Å². The van der Waals surface area contributed by atoms with E-state index in [1.807, 2.05) is 0 Å². The fourth-order valence-electron chi connectivity index (χ4n) is 2.37. The van der Waals surface area contributed by atoms with Crippen molar-refractivity contribution in [1.82, 2.24) is 4.98 Å². The van der Waals surface area contributed by atoms with E-state index in [0.29, 0.717) is 12.1 Å². The highest BCUT2D eigenvalue weighted by Crippen LogP contribution is 2.32. The van der Waals surface area contributed by atoms with E-state index in [9.17, 15) is 36.8 Å². The van der Waals surface area contributed by atoms with Gasteiger partial charge in [-0.3, -0.25) is 4.79 Å². The van der Waals surface area contributed by atoms with Crippen molar-refractivity contribution in [1.29, 1.82) is 0 Å². The van der Waals surface area contributed by atoms with Gasteiger partial charge in [0.15, 0.2) is 0 Å². The number of nitrogens with one attached hydrogen (secondary N) is 1. The molecule has 132 valence electrons. The second-order valence-corrected chi connectivity index (χ2v) is 4.88. The zero-order valence-corrected chi connectivity index (χ0v) is 12.0. The first-order valence-corrected chi connectivity index (χ1v) is 6.47. The highest BCUT2D eigenvalue weighted by Gasteiger charge is 2.35. The molecule has 0 unspecified atom stereocenters. The number of nitrogens with two attached hydrogens (primary N) is 1. The number of carboxylic acid groups (broad SMARTS) is 2. The van der Waals surface area contributed by atoms with Crippen molar-refractivity contribution in [2.75, 3.05) is 5.73 Å². The SMILES string of the molecule is Nc1[nH]c(=O)c(C(=O)O)c(-c2c(F)cccc2[B-](F)(F)F)c1C(=O)O. The maximum atomic E-state index is 14.2. The van der Waals surface area contributed by atoms with Crippen LogP contribution in [0.2, 0.25) is 0 Å². The number of pyridine rings is 1. The monoisotopic (exact) mass is 359 g/mol. The Kier molecular flexibility index (Phi) is 4.30. The molecule has 0 aliphatic heterocycles. The molecule has 0 atom stereocenters. The summed E-state index contributed by atoms with van der Waals surface area (Å²) in [6.45, 7) is -5.86. The minimum atomic E-state index is -5.86. The van der Waals surface area contributed by atoms with Gasteiger partial charge in [0.2, 0.25) is 0 Å². The zero-order chi connectivity index (χ0) is 19.1. The zero-order valence-electron chi connectivity index (χ0n) is 12.0. The lowest BCUT2D eigenvalue weighted by Crippen LogP contribution is -2.37. The molecule has 7 nitrogen and oxygen atoms in total. The van der Waals surface area contributed by atoms with Crippen LogP contribution in [0.1, 0.15) is 20.7 Å². The molecule has 0 bridgehead atoms. The van der Waals surface area contributed by atoms with E-state index in [4.69, 9.17) is 10.8 Å². The Balaban J connectivity index is 3.16. The molecule has 0 aliphatic carbocycles. The molecule has 1 aromatic heterocycles. The maximum Gasteiger partial charge on any atom is 0.510 e. The van der Waals surface area contributed by atoms with Crippen LogP contribution in [0.4, 0.5) is 23.2 Å². The number of nitrogen functional groups attached to an aromatic ring is 1. The number of anilines is 1. The van der Waals surface area contributed by atoms with Gasteiger partial charge in [0, 0.05) is 5.56 Å². The third-order valence-electron chi connectivity index (χ3n) is 3.32. The number of aromatic nitrogens is 1. The van der Waals surface area contributed by atoms with Crippen LogP contribution < -0.4 is 16.8 Å². The van der Waals surface area contributed by atoms with Gasteiger partial charge in [-0.1, -0.05) is 17.6 Å². The molecular weight excluding hydrogens is 351 g/mol. The summed E-state index contributed by atoms with van der Waals surface area (Å²) in [6, 6.07) is 1.75. The Morgan fingerprint density at radius 3 is 2.08 bits per heavy atom. The number of hydrogen-bond donors (Lipinski definition) is 4. The largest absolute Gasteiger partial charge is 0.510 e. The summed E-state index contributed by atoms with van der Waals surface area (Å²) in [6.07, 6.45) is 0. The lowest BCUT2D eigenvalue weighted by Gasteiger charge is -2.22. The van der Waals surface area contributed by atoms with E-state index in [2.05, 4.69) is 0 Å². The van der Waals surface area contributed by atoms with Crippen LogP contribution in [0, 0.1) is 5.82 Å². The van der Waals surface area contributed by atoms with E-state index in [1.54, 1.807) is 4.98 Å². The Labute approximate surface area is 135 Å². The number of halogens is 4. The first-order valence-electron chi connectivity index (χ1n) is 6.47. The number of carboxylic acids is 2. The lowest BCUT2D eigenvalue weighted by atomic mass is 9.74. The molecule has 1 aromatic carbocycles. The number of aromatic amines is 1. The van der Waals surface area contributed by atoms with Crippen LogP contribution >= 0.6 is 0 Å². The van der Waals surface area contributed by atoms with Crippen LogP contribution in [0.15, 0.2) is 23.0 Å². The van der Waals surface area contributed by atoms with Crippen molar-refractivity contribution in [2.24, 2.45) is 0 Å². The first-order chi connectivity index (χ1) is 11.5. The number of carbonyl (C=O) groups is 2. The Hall–Kier alpha value is -3.31. The van der Waals surface area contributed by atoms with E-state index in [-0.39, 0.29) is 0 Å². The molecule has 0 saturated heterocycles. The van der Waals surface area contributed by atoms with Gasteiger partial charge in [0.05, 0.1) is 0 Å². The van der Waals surface area contributed by atoms with Crippen LogP contribution in [0.25, 0.3) is 11.1 Å². The molecular formula is C13H8BF4N2O5-. The summed E-state index contributed by atoms with van der Waals surface area (Å²) in [4.78, 5) is 36.2. The van der Waals surface area contributed by atoms with Gasteiger partial charge < -0.3 is 33.9 Å². The van der Waals surface area contributed by atoms with Crippen LogP contribution in [0.5, 0.6) is 0 Å². The van der Waals surface area contributed by atoms with Gasteiger partial charge in [-0.25, -0.2) is 14.0 Å². The van der Waals surface area contributed by atoms with E-state index in [1.165, 1.54) is 0 Å². The Bertz CT molecular complexity index is 955. The number of hydrogen-bond acceptors (Lipinski definition) is 4. The molecule has 0 spiro atoms. The highest BCUT2D eigenvalue weighted by molar-refractivity contribution is 6.75. The summed E-state index contributed by atoms with van der Waals surface area (Å²) in [5.41, 5.74) is -2.85. The van der Waals surface area contributed by atoms with Gasteiger partial charge in [-0.15, -0.1) is 0 Å². The predicted octanol–water partition coefficient (Wildman–Crippen LogP) is 1.21. The third-order valence-corrected chi connectivity index (χ3v) is 3.32. The van der Waals surface area contributed by atoms with Crippen molar-refractivity contribution >= 4 is 30.2 Å². The summed E-state index contributed by atoms with van der Waals surface area (Å²) in [5, 5.41) is 18.3. The van der Waals surface area contributed by atoms with Gasteiger partial charge in [-0.2, -0.15) is 0 Å². The fourth-order valence-corrected chi connectivity index (χ4v) is 2.37. The van der Waals surface area contributed by atoms with Crippen LogP contribution in [-0.2, 0) is 0 Å². The lowest BCUT2D eigenvalue weighted by molar-refractivity contribution is 0.0695.